The Morgan fingerprint density at radius 1 is 1.58 bits per heavy atom. The Kier molecular flexibility index (Phi) is 4.80. The molecule has 0 amide bonds. The van der Waals surface area contributed by atoms with Crippen LogP contribution in [0.15, 0.2) is 0 Å². The van der Waals surface area contributed by atoms with Gasteiger partial charge < -0.3 is 14.6 Å². The van der Waals surface area contributed by atoms with E-state index in [0.29, 0.717) is 32.2 Å². The Labute approximate surface area is 110 Å². The van der Waals surface area contributed by atoms with E-state index in [1.807, 2.05) is 6.92 Å². The number of aliphatic carboxylic acids is 1. The minimum atomic E-state index is -0.807. The van der Waals surface area contributed by atoms with Gasteiger partial charge in [-0.25, -0.2) is 4.68 Å². The summed E-state index contributed by atoms with van der Waals surface area (Å²) >= 11 is 0. The van der Waals surface area contributed by atoms with E-state index < -0.39 is 5.97 Å². The second-order valence-corrected chi connectivity index (χ2v) is 4.53. The quantitative estimate of drug-likeness (QED) is 0.791. The lowest BCUT2D eigenvalue weighted by molar-refractivity contribution is -0.138. The highest BCUT2D eigenvalue weighted by Gasteiger charge is 2.24. The highest BCUT2D eigenvalue weighted by Crippen LogP contribution is 2.19. The SMILES string of the molecule is CCC(CC(=O)O)Cn1nnnc1C1COCCO1. The van der Waals surface area contributed by atoms with E-state index in [0.717, 1.165) is 6.42 Å². The van der Waals surface area contributed by atoms with Crippen molar-refractivity contribution in [3.63, 3.8) is 0 Å². The summed E-state index contributed by atoms with van der Waals surface area (Å²) in [6, 6.07) is 0. The van der Waals surface area contributed by atoms with E-state index in [2.05, 4.69) is 15.5 Å². The first-order valence-corrected chi connectivity index (χ1v) is 6.38. The zero-order chi connectivity index (χ0) is 13.7. The van der Waals surface area contributed by atoms with Gasteiger partial charge in [0, 0.05) is 13.0 Å². The van der Waals surface area contributed by atoms with Crippen LogP contribution in [0.2, 0.25) is 0 Å². The summed E-state index contributed by atoms with van der Waals surface area (Å²) in [6.07, 6.45) is 0.594. The van der Waals surface area contributed by atoms with Crippen LogP contribution >= 0.6 is 0 Å². The number of nitrogens with zero attached hydrogens (tertiary/aromatic N) is 4. The molecule has 1 aliphatic rings. The molecule has 8 nitrogen and oxygen atoms in total. The molecule has 0 radical (unpaired) electrons. The van der Waals surface area contributed by atoms with Crippen LogP contribution in [0, 0.1) is 5.92 Å². The monoisotopic (exact) mass is 270 g/mol. The molecule has 1 aromatic rings. The summed E-state index contributed by atoms with van der Waals surface area (Å²) in [7, 11) is 0. The molecule has 2 rings (SSSR count). The third-order valence-electron chi connectivity index (χ3n) is 3.14. The Morgan fingerprint density at radius 2 is 2.42 bits per heavy atom. The summed E-state index contributed by atoms with van der Waals surface area (Å²) in [5.74, 6) is -0.202. The first-order chi connectivity index (χ1) is 9.20. The summed E-state index contributed by atoms with van der Waals surface area (Å²) in [6.45, 7) is 3.96. The van der Waals surface area contributed by atoms with Crippen LogP contribution in [0.3, 0.4) is 0 Å². The van der Waals surface area contributed by atoms with Gasteiger partial charge in [-0.15, -0.1) is 5.10 Å². The predicted molar refractivity (Wildman–Crippen MR) is 63.4 cm³/mol. The molecule has 0 aliphatic carbocycles. The van der Waals surface area contributed by atoms with Gasteiger partial charge in [0.05, 0.1) is 19.8 Å². The van der Waals surface area contributed by atoms with Crippen molar-refractivity contribution in [3.8, 4) is 0 Å². The predicted octanol–water partition coefficient (Wildman–Crippen LogP) is 0.262. The topological polar surface area (TPSA) is 99.4 Å². The van der Waals surface area contributed by atoms with Gasteiger partial charge in [-0.3, -0.25) is 4.79 Å². The average Bonchev–Trinajstić information content (AvgIpc) is 2.86. The zero-order valence-electron chi connectivity index (χ0n) is 10.9. The molecule has 106 valence electrons. The van der Waals surface area contributed by atoms with E-state index in [1.165, 1.54) is 0 Å². The number of carboxylic acids is 1. The zero-order valence-corrected chi connectivity index (χ0v) is 10.9. The van der Waals surface area contributed by atoms with Crippen molar-refractivity contribution in [2.45, 2.75) is 32.4 Å². The van der Waals surface area contributed by atoms with Crippen LogP contribution < -0.4 is 0 Å². The first kappa shape index (κ1) is 13.9. The Hall–Kier alpha value is -1.54. The third kappa shape index (κ3) is 3.71. The van der Waals surface area contributed by atoms with E-state index in [4.69, 9.17) is 14.6 Å². The van der Waals surface area contributed by atoms with E-state index in [1.54, 1.807) is 4.68 Å². The minimum absolute atomic E-state index is 0.00394. The Balaban J connectivity index is 2.03. The van der Waals surface area contributed by atoms with Crippen LogP contribution in [0.4, 0.5) is 0 Å². The molecule has 8 heteroatoms. The number of carboxylic acid groups (broad SMARTS) is 1. The standard InChI is InChI=1S/C11H18N4O4/c1-2-8(5-10(16)17)6-15-11(12-13-14-15)9-7-18-3-4-19-9/h8-9H,2-7H2,1H3,(H,16,17). The fourth-order valence-electron chi connectivity index (χ4n) is 2.04. The van der Waals surface area contributed by atoms with Gasteiger partial charge in [0.15, 0.2) is 5.82 Å². The summed E-state index contributed by atoms with van der Waals surface area (Å²) in [5.41, 5.74) is 0. The highest BCUT2D eigenvalue weighted by atomic mass is 16.6. The molecule has 1 fully saturated rings. The number of rotatable bonds is 6. The number of tetrazole rings is 1. The molecule has 0 bridgehead atoms. The summed E-state index contributed by atoms with van der Waals surface area (Å²) in [4.78, 5) is 10.8. The van der Waals surface area contributed by atoms with E-state index in [9.17, 15) is 4.79 Å². The normalized spacial score (nSPS) is 21.2. The molecule has 1 saturated heterocycles. The van der Waals surface area contributed by atoms with Crippen LogP contribution in [0.25, 0.3) is 0 Å². The fraction of sp³-hybridized carbons (Fsp3) is 0.818. The van der Waals surface area contributed by atoms with Crippen LogP contribution in [0.1, 0.15) is 31.7 Å². The smallest absolute Gasteiger partial charge is 0.303 e. The maximum atomic E-state index is 10.8. The molecule has 2 atom stereocenters. The van der Waals surface area contributed by atoms with Crippen molar-refractivity contribution in [2.75, 3.05) is 19.8 Å². The maximum Gasteiger partial charge on any atom is 0.303 e. The van der Waals surface area contributed by atoms with Crippen molar-refractivity contribution >= 4 is 5.97 Å². The van der Waals surface area contributed by atoms with Crippen LogP contribution in [-0.4, -0.2) is 51.1 Å². The first-order valence-electron chi connectivity index (χ1n) is 6.38. The third-order valence-corrected chi connectivity index (χ3v) is 3.14. The molecular formula is C11H18N4O4. The number of hydrogen-bond donors (Lipinski definition) is 1. The van der Waals surface area contributed by atoms with Gasteiger partial charge in [0.25, 0.3) is 0 Å². The number of carbonyl (C=O) groups is 1. The molecule has 2 heterocycles. The minimum Gasteiger partial charge on any atom is -0.481 e. The number of ether oxygens (including phenoxy) is 2. The lowest BCUT2D eigenvalue weighted by Crippen LogP contribution is -2.26. The van der Waals surface area contributed by atoms with Gasteiger partial charge in [-0.1, -0.05) is 13.3 Å². The molecule has 1 aliphatic heterocycles. The van der Waals surface area contributed by atoms with Gasteiger partial charge in [0.2, 0.25) is 0 Å². The molecular weight excluding hydrogens is 252 g/mol. The molecule has 1 aromatic heterocycles. The average molecular weight is 270 g/mol. The Bertz CT molecular complexity index is 417. The van der Waals surface area contributed by atoms with E-state index >= 15 is 0 Å². The lowest BCUT2D eigenvalue weighted by atomic mass is 10.0. The van der Waals surface area contributed by atoms with Gasteiger partial charge >= 0.3 is 5.97 Å². The Morgan fingerprint density at radius 3 is 3.05 bits per heavy atom. The molecule has 1 N–H and O–H groups in total. The van der Waals surface area contributed by atoms with Crippen LogP contribution in [-0.2, 0) is 20.8 Å². The number of aromatic nitrogens is 4. The van der Waals surface area contributed by atoms with Crippen molar-refractivity contribution in [1.82, 2.24) is 20.2 Å². The second kappa shape index (κ2) is 6.58. The van der Waals surface area contributed by atoms with Gasteiger partial charge in [0.1, 0.15) is 6.10 Å². The summed E-state index contributed by atoms with van der Waals surface area (Å²) < 4.78 is 12.5. The van der Waals surface area contributed by atoms with Gasteiger partial charge in [-0.2, -0.15) is 0 Å². The largest absolute Gasteiger partial charge is 0.481 e. The van der Waals surface area contributed by atoms with Crippen molar-refractivity contribution in [2.24, 2.45) is 5.92 Å². The molecule has 0 aromatic carbocycles. The van der Waals surface area contributed by atoms with Crippen molar-refractivity contribution < 1.29 is 19.4 Å². The molecule has 0 saturated carbocycles. The maximum absolute atomic E-state index is 10.8. The molecule has 0 spiro atoms. The van der Waals surface area contributed by atoms with E-state index in [-0.39, 0.29) is 18.4 Å². The lowest BCUT2D eigenvalue weighted by Gasteiger charge is -2.22. The van der Waals surface area contributed by atoms with Crippen molar-refractivity contribution in [1.29, 1.82) is 0 Å². The van der Waals surface area contributed by atoms with Crippen LogP contribution in [0.5, 0.6) is 0 Å². The molecule has 2 unspecified atom stereocenters. The van der Waals surface area contributed by atoms with Gasteiger partial charge in [-0.05, 0) is 16.3 Å². The van der Waals surface area contributed by atoms with Crippen molar-refractivity contribution in [3.05, 3.63) is 5.82 Å². The molecule has 19 heavy (non-hydrogen) atoms. The number of hydrogen-bond acceptors (Lipinski definition) is 6. The highest BCUT2D eigenvalue weighted by molar-refractivity contribution is 5.66. The fourth-order valence-corrected chi connectivity index (χ4v) is 2.04. The second-order valence-electron chi connectivity index (χ2n) is 4.53. The summed E-state index contributed by atoms with van der Waals surface area (Å²) in [5, 5.41) is 20.4.